The van der Waals surface area contributed by atoms with Crippen LogP contribution in [0.4, 0.5) is 13.2 Å². The van der Waals surface area contributed by atoms with Crippen LogP contribution in [0, 0.1) is 6.23 Å². The second-order valence-corrected chi connectivity index (χ2v) is 1.03. The van der Waals surface area contributed by atoms with Crippen molar-refractivity contribution in [2.45, 2.75) is 6.18 Å². The third kappa shape index (κ3) is 2.05. The monoisotopic (exact) mass is 120 g/mol. The maximum atomic E-state index is 11.0. The zero-order valence-corrected chi connectivity index (χ0v) is 3.04. The Bertz CT molecular complexity index is 79.8. The number of hydrogen-bond donors (Lipinski definition) is 1. The summed E-state index contributed by atoms with van der Waals surface area (Å²) in [6.45, 7) is 0. The van der Waals surface area contributed by atoms with Crippen LogP contribution in [0.1, 0.15) is 0 Å². The van der Waals surface area contributed by atoms with Crippen LogP contribution < -0.4 is 5.48 Å². The molecule has 0 aromatic heterocycles. The van der Waals surface area contributed by atoms with Gasteiger partial charge in [-0.3, -0.25) is 4.84 Å². The van der Waals surface area contributed by atoms with Crippen molar-refractivity contribution in [1.29, 1.82) is 0 Å². The molecule has 0 aromatic carbocycles. The van der Waals surface area contributed by atoms with Gasteiger partial charge in [0.25, 0.3) is 0 Å². The molecule has 1 rings (SSSR count). The van der Waals surface area contributed by atoms with Gasteiger partial charge in [-0.15, -0.1) is 0 Å². The van der Waals surface area contributed by atoms with E-state index in [2.05, 4.69) is 4.84 Å². The van der Waals surface area contributed by atoms with Crippen LogP contribution in [0.2, 0.25) is 0 Å². The van der Waals surface area contributed by atoms with Crippen molar-refractivity contribution in [3.05, 3.63) is 6.23 Å². The third-order valence-corrected chi connectivity index (χ3v) is 0.462. The molecule has 1 radical (unpaired) electrons. The molecule has 43 valence electrons. The van der Waals surface area contributed by atoms with Crippen molar-refractivity contribution >= 4 is 18.9 Å². The van der Waals surface area contributed by atoms with Gasteiger partial charge in [-0.2, -0.15) is 18.7 Å². The van der Waals surface area contributed by atoms with E-state index in [1.807, 2.05) is 0 Å². The van der Waals surface area contributed by atoms with Crippen LogP contribution >= 0.6 is 0 Å². The summed E-state index contributed by atoms with van der Waals surface area (Å²) >= 11 is 0. The average molecular weight is 120 g/mol. The Balaban J connectivity index is 0.000000490. The molecule has 0 amide bonds. The van der Waals surface area contributed by atoms with Crippen LogP contribution in [-0.2, 0) is 4.84 Å². The molecular weight excluding hydrogens is 118 g/mol. The van der Waals surface area contributed by atoms with Crippen LogP contribution in [-0.4, -0.2) is 25.0 Å². The second-order valence-electron chi connectivity index (χ2n) is 1.03. The SMILES string of the molecule is FC(F)(F)[C]1NO1.[LiH]. The standard InChI is InChI=1S/C2HF3NO.Li.H/c3-2(4,5)1-6-7-1;;/h6H;;. The van der Waals surface area contributed by atoms with E-state index < -0.39 is 12.4 Å². The topological polar surface area (TPSA) is 34.5 Å². The normalized spacial score (nSPS) is 19.9. The van der Waals surface area contributed by atoms with Gasteiger partial charge in [-0.1, -0.05) is 0 Å². The van der Waals surface area contributed by atoms with Gasteiger partial charge in [-0.05, 0) is 0 Å². The van der Waals surface area contributed by atoms with Gasteiger partial charge in [0, 0.05) is 0 Å². The zero-order chi connectivity index (χ0) is 5.49. The van der Waals surface area contributed by atoms with Gasteiger partial charge in [0.05, 0.1) is 0 Å². The number of rotatable bonds is 0. The van der Waals surface area contributed by atoms with Gasteiger partial charge in [0.2, 0.25) is 0 Å². The molecule has 0 saturated carbocycles. The van der Waals surface area contributed by atoms with Crippen molar-refractivity contribution in [3.8, 4) is 0 Å². The summed E-state index contributed by atoms with van der Waals surface area (Å²) in [5, 5.41) is 0. The molecule has 1 aliphatic rings. The number of hydrogen-bond acceptors (Lipinski definition) is 2. The first-order chi connectivity index (χ1) is 3.11. The number of hydroxylamine groups is 1. The molecule has 0 atom stereocenters. The summed E-state index contributed by atoms with van der Waals surface area (Å²) in [5.41, 5.74) is 1.57. The fourth-order valence-electron chi connectivity index (χ4n) is 0.141. The van der Waals surface area contributed by atoms with Gasteiger partial charge in [0.15, 0.2) is 0 Å². The van der Waals surface area contributed by atoms with Crippen LogP contribution in [0.15, 0.2) is 0 Å². The summed E-state index contributed by atoms with van der Waals surface area (Å²) in [4.78, 5) is 3.61. The van der Waals surface area contributed by atoms with Crippen molar-refractivity contribution in [3.63, 3.8) is 0 Å². The minimum absolute atomic E-state index is 0. The van der Waals surface area contributed by atoms with Crippen LogP contribution in [0.3, 0.4) is 0 Å². The Labute approximate surface area is 55.5 Å². The Morgan fingerprint density at radius 1 is 1.38 bits per heavy atom. The molecule has 0 bridgehead atoms. The predicted molar refractivity (Wildman–Crippen MR) is 20.7 cm³/mol. The number of halogens is 3. The van der Waals surface area contributed by atoms with Crippen molar-refractivity contribution < 1.29 is 18.0 Å². The molecule has 1 heterocycles. The summed E-state index contributed by atoms with van der Waals surface area (Å²) < 4.78 is 33.0. The Morgan fingerprint density at radius 2 is 1.75 bits per heavy atom. The molecule has 0 aliphatic carbocycles. The van der Waals surface area contributed by atoms with Crippen molar-refractivity contribution in [1.82, 2.24) is 5.48 Å². The van der Waals surface area contributed by atoms with E-state index in [0.29, 0.717) is 0 Å². The molecular formula is C2H2F3LiNO. The Kier molecular flexibility index (Phi) is 2.36. The summed E-state index contributed by atoms with van der Waals surface area (Å²) in [6, 6.07) is 0. The van der Waals surface area contributed by atoms with Gasteiger partial charge in [0.1, 0.15) is 0 Å². The van der Waals surface area contributed by atoms with Crippen LogP contribution in [0.5, 0.6) is 0 Å². The molecule has 0 spiro atoms. The molecule has 0 unspecified atom stereocenters. The first-order valence-corrected chi connectivity index (χ1v) is 1.48. The fraction of sp³-hybridized carbons (Fsp3) is 0.500. The van der Waals surface area contributed by atoms with E-state index in [4.69, 9.17) is 0 Å². The zero-order valence-electron chi connectivity index (χ0n) is 3.04. The fourth-order valence-corrected chi connectivity index (χ4v) is 0.141. The van der Waals surface area contributed by atoms with E-state index in [1.54, 1.807) is 5.48 Å². The molecule has 1 fully saturated rings. The summed E-state index contributed by atoms with van der Waals surface area (Å²) in [5.74, 6) is 0. The molecule has 1 N–H and O–H groups in total. The molecule has 8 heavy (non-hydrogen) atoms. The Hall–Kier alpha value is 0.307. The summed E-state index contributed by atoms with van der Waals surface area (Å²) in [7, 11) is 0. The van der Waals surface area contributed by atoms with Gasteiger partial charge < -0.3 is 0 Å². The van der Waals surface area contributed by atoms with Gasteiger partial charge in [-0.25, -0.2) is 0 Å². The molecule has 1 saturated heterocycles. The van der Waals surface area contributed by atoms with E-state index in [-0.39, 0.29) is 18.9 Å². The third-order valence-electron chi connectivity index (χ3n) is 0.462. The molecule has 0 aromatic rings. The van der Waals surface area contributed by atoms with E-state index in [9.17, 15) is 13.2 Å². The van der Waals surface area contributed by atoms with E-state index >= 15 is 0 Å². The van der Waals surface area contributed by atoms with Crippen molar-refractivity contribution in [2.75, 3.05) is 0 Å². The Morgan fingerprint density at radius 3 is 1.75 bits per heavy atom. The predicted octanol–water partition coefficient (Wildman–Crippen LogP) is -0.0755. The minimum atomic E-state index is -4.31. The molecule has 2 nitrogen and oxygen atoms in total. The van der Waals surface area contributed by atoms with E-state index in [1.165, 1.54) is 0 Å². The van der Waals surface area contributed by atoms with Crippen LogP contribution in [0.25, 0.3) is 0 Å². The number of nitrogens with one attached hydrogen (secondary N) is 1. The second kappa shape index (κ2) is 2.27. The number of alkyl halides is 3. The quantitative estimate of drug-likeness (QED) is 0.358. The molecule has 1 aliphatic heterocycles. The first kappa shape index (κ1) is 8.31. The van der Waals surface area contributed by atoms with Gasteiger partial charge >= 0.3 is 31.3 Å². The van der Waals surface area contributed by atoms with E-state index in [0.717, 1.165) is 0 Å². The maximum absolute atomic E-state index is 11.0. The van der Waals surface area contributed by atoms with Crippen molar-refractivity contribution in [2.24, 2.45) is 0 Å². The molecule has 6 heteroatoms. The summed E-state index contributed by atoms with van der Waals surface area (Å²) in [6.07, 6.45) is -5.31. The first-order valence-electron chi connectivity index (χ1n) is 1.48. The average Bonchev–Trinajstić information content (AvgIpc) is 1.99.